The normalized spacial score (nSPS) is 28.3. The zero-order valence-corrected chi connectivity index (χ0v) is 13.0. The first kappa shape index (κ1) is 13.1. The molecule has 2 aliphatic heterocycles. The van der Waals surface area contributed by atoms with Crippen LogP contribution in [-0.4, -0.2) is 34.0 Å². The second kappa shape index (κ2) is 4.99. The fraction of sp³-hybridized carbons (Fsp3) is 0.357. The number of rotatable bonds is 2. The highest BCUT2D eigenvalue weighted by Gasteiger charge is 2.51. The van der Waals surface area contributed by atoms with Crippen LogP contribution in [0.15, 0.2) is 41.0 Å². The molecule has 0 aromatic carbocycles. The van der Waals surface area contributed by atoms with Crippen LogP contribution in [0.3, 0.4) is 0 Å². The van der Waals surface area contributed by atoms with Gasteiger partial charge in [0.1, 0.15) is 5.54 Å². The molecule has 0 amide bonds. The van der Waals surface area contributed by atoms with E-state index in [4.69, 9.17) is 10.7 Å². The van der Waals surface area contributed by atoms with E-state index >= 15 is 0 Å². The molecule has 5 nitrogen and oxygen atoms in total. The Morgan fingerprint density at radius 3 is 2.90 bits per heavy atom. The highest BCUT2D eigenvalue weighted by molar-refractivity contribution is 8.13. The van der Waals surface area contributed by atoms with Crippen molar-refractivity contribution in [3.8, 4) is 0 Å². The molecule has 2 aliphatic rings. The van der Waals surface area contributed by atoms with E-state index in [1.807, 2.05) is 6.07 Å². The molecule has 21 heavy (non-hydrogen) atoms. The van der Waals surface area contributed by atoms with Crippen molar-refractivity contribution in [1.82, 2.24) is 9.97 Å². The third-order valence-electron chi connectivity index (χ3n) is 4.07. The predicted octanol–water partition coefficient (Wildman–Crippen LogP) is 1.93. The Morgan fingerprint density at radius 1 is 1.29 bits per heavy atom. The number of anilines is 1. The molecule has 1 saturated heterocycles. The minimum absolute atomic E-state index is 0.233. The summed E-state index contributed by atoms with van der Waals surface area (Å²) in [5.41, 5.74) is 5.80. The number of nitrogens with two attached hydrogens (primary N) is 1. The van der Waals surface area contributed by atoms with Crippen molar-refractivity contribution in [2.24, 2.45) is 16.6 Å². The molecule has 0 radical (unpaired) electrons. The Hall–Kier alpha value is -1.60. The summed E-state index contributed by atoms with van der Waals surface area (Å²) in [7, 11) is 0. The number of aromatic nitrogens is 2. The van der Waals surface area contributed by atoms with Gasteiger partial charge in [-0.3, -0.25) is 0 Å². The molecule has 108 valence electrons. The lowest BCUT2D eigenvalue weighted by Crippen LogP contribution is -2.39. The van der Waals surface area contributed by atoms with Crippen molar-refractivity contribution in [1.29, 1.82) is 0 Å². The molecule has 7 heteroatoms. The monoisotopic (exact) mass is 317 g/mol. The number of hydrogen-bond donors (Lipinski definition) is 1. The van der Waals surface area contributed by atoms with Crippen LogP contribution in [0.1, 0.15) is 4.88 Å². The molecule has 2 N–H and O–H groups in total. The van der Waals surface area contributed by atoms with Crippen LogP contribution in [0.2, 0.25) is 0 Å². The second-order valence-electron chi connectivity index (χ2n) is 5.29. The summed E-state index contributed by atoms with van der Waals surface area (Å²) in [6.07, 6.45) is 3.57. The van der Waals surface area contributed by atoms with E-state index in [2.05, 4.69) is 32.4 Å². The maximum Gasteiger partial charge on any atom is 0.225 e. The van der Waals surface area contributed by atoms with Crippen molar-refractivity contribution < 1.29 is 0 Å². The van der Waals surface area contributed by atoms with Crippen LogP contribution in [0.25, 0.3) is 0 Å². The SMILES string of the molecule is NC1=N[C@@]2(c3cccs3)CN(c3ncccn3)CC2CS1. The summed E-state index contributed by atoms with van der Waals surface area (Å²) >= 11 is 3.41. The van der Waals surface area contributed by atoms with Gasteiger partial charge in [0.15, 0.2) is 5.17 Å². The van der Waals surface area contributed by atoms with Gasteiger partial charge in [-0.1, -0.05) is 17.8 Å². The third-order valence-corrected chi connectivity index (χ3v) is 6.07. The smallest absolute Gasteiger partial charge is 0.225 e. The highest BCUT2D eigenvalue weighted by Crippen LogP contribution is 2.47. The Morgan fingerprint density at radius 2 is 2.14 bits per heavy atom. The van der Waals surface area contributed by atoms with Crippen molar-refractivity contribution in [2.45, 2.75) is 5.54 Å². The van der Waals surface area contributed by atoms with Gasteiger partial charge in [-0.05, 0) is 17.5 Å². The van der Waals surface area contributed by atoms with Gasteiger partial charge in [-0.2, -0.15) is 0 Å². The van der Waals surface area contributed by atoms with Gasteiger partial charge in [0.05, 0.1) is 6.54 Å². The molecule has 2 aromatic heterocycles. The maximum absolute atomic E-state index is 6.03. The summed E-state index contributed by atoms with van der Waals surface area (Å²) in [6.45, 7) is 1.72. The zero-order chi connectivity index (χ0) is 14.3. The maximum atomic E-state index is 6.03. The summed E-state index contributed by atoms with van der Waals surface area (Å²) in [5, 5.41) is 2.80. The Bertz CT molecular complexity index is 657. The van der Waals surface area contributed by atoms with Crippen LogP contribution in [0.5, 0.6) is 0 Å². The second-order valence-corrected chi connectivity index (χ2v) is 7.28. The van der Waals surface area contributed by atoms with E-state index in [9.17, 15) is 0 Å². The summed E-state index contributed by atoms with van der Waals surface area (Å²) in [5.74, 6) is 2.22. The van der Waals surface area contributed by atoms with Gasteiger partial charge in [0.25, 0.3) is 0 Å². The van der Waals surface area contributed by atoms with E-state index in [-0.39, 0.29) is 5.54 Å². The number of thiophene rings is 1. The lowest BCUT2D eigenvalue weighted by atomic mass is 9.87. The van der Waals surface area contributed by atoms with E-state index in [0.29, 0.717) is 11.1 Å². The molecule has 0 aliphatic carbocycles. The van der Waals surface area contributed by atoms with Gasteiger partial charge in [-0.25, -0.2) is 15.0 Å². The molecule has 4 heterocycles. The Balaban J connectivity index is 1.76. The zero-order valence-electron chi connectivity index (χ0n) is 11.3. The molecular weight excluding hydrogens is 302 g/mol. The molecule has 0 saturated carbocycles. The highest BCUT2D eigenvalue weighted by atomic mass is 32.2. The van der Waals surface area contributed by atoms with Crippen LogP contribution in [0.4, 0.5) is 5.95 Å². The van der Waals surface area contributed by atoms with Crippen molar-refractivity contribution in [3.63, 3.8) is 0 Å². The Kier molecular flexibility index (Phi) is 3.11. The fourth-order valence-corrected chi connectivity index (χ4v) is 5.02. The first-order valence-electron chi connectivity index (χ1n) is 6.82. The average molecular weight is 317 g/mol. The molecule has 2 aromatic rings. The summed E-state index contributed by atoms with van der Waals surface area (Å²) in [6, 6.07) is 6.09. The van der Waals surface area contributed by atoms with Crippen molar-refractivity contribution >= 4 is 34.2 Å². The van der Waals surface area contributed by atoms with Gasteiger partial charge in [0, 0.05) is 35.5 Å². The van der Waals surface area contributed by atoms with E-state index in [1.165, 1.54) is 4.88 Å². The minimum Gasteiger partial charge on any atom is -0.379 e. The number of aliphatic imine (C=N–C) groups is 1. The molecule has 0 bridgehead atoms. The van der Waals surface area contributed by atoms with Crippen molar-refractivity contribution in [3.05, 3.63) is 40.8 Å². The molecule has 1 unspecified atom stereocenters. The largest absolute Gasteiger partial charge is 0.379 e. The fourth-order valence-electron chi connectivity index (χ4n) is 3.10. The lowest BCUT2D eigenvalue weighted by molar-refractivity contribution is 0.395. The van der Waals surface area contributed by atoms with E-state index in [1.54, 1.807) is 35.5 Å². The van der Waals surface area contributed by atoms with Crippen LogP contribution < -0.4 is 10.6 Å². The number of nitrogens with zero attached hydrogens (tertiary/aromatic N) is 4. The van der Waals surface area contributed by atoms with Crippen LogP contribution in [0, 0.1) is 5.92 Å². The molecular formula is C14H15N5S2. The molecule has 4 rings (SSSR count). The topological polar surface area (TPSA) is 67.4 Å². The van der Waals surface area contributed by atoms with E-state index < -0.39 is 0 Å². The van der Waals surface area contributed by atoms with Gasteiger partial charge < -0.3 is 10.6 Å². The van der Waals surface area contributed by atoms with Crippen LogP contribution in [-0.2, 0) is 5.54 Å². The standard InChI is InChI=1S/C14H15N5S2/c15-12-18-14(11-3-1-6-20-11)9-19(7-10(14)8-21-12)13-16-4-2-5-17-13/h1-6,10H,7-9H2,(H2,15,18)/t10?,14-/m0/s1. The quantitative estimate of drug-likeness (QED) is 0.917. The van der Waals surface area contributed by atoms with Crippen molar-refractivity contribution in [2.75, 3.05) is 23.7 Å². The first-order chi connectivity index (χ1) is 10.3. The molecule has 0 spiro atoms. The first-order valence-corrected chi connectivity index (χ1v) is 8.68. The molecule has 1 fully saturated rings. The lowest BCUT2D eigenvalue weighted by Gasteiger charge is -2.33. The number of fused-ring (bicyclic) bond motifs is 1. The van der Waals surface area contributed by atoms with Gasteiger partial charge in [0.2, 0.25) is 5.95 Å². The summed E-state index contributed by atoms with van der Waals surface area (Å²) < 4.78 is 0. The Labute approximate surface area is 131 Å². The molecule has 2 atom stereocenters. The number of hydrogen-bond acceptors (Lipinski definition) is 7. The summed E-state index contributed by atoms with van der Waals surface area (Å²) in [4.78, 5) is 17.1. The number of thioether (sulfide) groups is 1. The third kappa shape index (κ3) is 2.11. The number of amidine groups is 1. The minimum atomic E-state index is -0.233. The average Bonchev–Trinajstić information content (AvgIpc) is 3.15. The predicted molar refractivity (Wildman–Crippen MR) is 87.8 cm³/mol. The van der Waals surface area contributed by atoms with Gasteiger partial charge >= 0.3 is 0 Å². The van der Waals surface area contributed by atoms with E-state index in [0.717, 1.165) is 24.8 Å². The van der Waals surface area contributed by atoms with Crippen LogP contribution >= 0.6 is 23.1 Å². The van der Waals surface area contributed by atoms with Gasteiger partial charge in [-0.15, -0.1) is 11.3 Å².